The number of carbonyl (C=O) groups is 2. The Balaban J connectivity index is 1.96. The van der Waals surface area contributed by atoms with E-state index in [0.29, 0.717) is 11.4 Å². The number of hydrogen-bond acceptors (Lipinski definition) is 3. The Labute approximate surface area is 122 Å². The molecule has 0 aliphatic rings. The van der Waals surface area contributed by atoms with E-state index >= 15 is 0 Å². The highest BCUT2D eigenvalue weighted by Gasteiger charge is 2.07. The third-order valence-electron chi connectivity index (χ3n) is 2.82. The molecule has 0 radical (unpaired) electrons. The zero-order chi connectivity index (χ0) is 15.2. The summed E-state index contributed by atoms with van der Waals surface area (Å²) in [4.78, 5) is 22.8. The van der Waals surface area contributed by atoms with E-state index in [1.54, 1.807) is 42.5 Å². The molecule has 2 amide bonds. The van der Waals surface area contributed by atoms with E-state index in [-0.39, 0.29) is 24.0 Å². The minimum atomic E-state index is -0.219. The summed E-state index contributed by atoms with van der Waals surface area (Å²) in [6, 6.07) is 13.6. The van der Waals surface area contributed by atoms with E-state index in [0.717, 1.165) is 5.56 Å². The van der Waals surface area contributed by atoms with Crippen molar-refractivity contribution in [3.63, 3.8) is 0 Å². The lowest BCUT2D eigenvalue weighted by Gasteiger charge is -2.08. The quantitative estimate of drug-likeness (QED) is 0.755. The van der Waals surface area contributed by atoms with Crippen LogP contribution in [0.5, 0.6) is 5.75 Å². The average Bonchev–Trinajstić information content (AvgIpc) is 2.43. The molecular formula is C16H16N2O3. The number of carbonyl (C=O) groups excluding carboxylic acids is 2. The van der Waals surface area contributed by atoms with E-state index in [2.05, 4.69) is 10.6 Å². The minimum absolute atomic E-state index is 0.0341. The summed E-state index contributed by atoms with van der Waals surface area (Å²) in [5, 5.41) is 14.9. The summed E-state index contributed by atoms with van der Waals surface area (Å²) in [6.07, 6.45) is 0.189. The number of phenols is 1. The van der Waals surface area contributed by atoms with Crippen LogP contribution in [0.2, 0.25) is 0 Å². The Morgan fingerprint density at radius 1 is 1.00 bits per heavy atom. The Bertz CT molecular complexity index is 651. The van der Waals surface area contributed by atoms with Gasteiger partial charge in [0, 0.05) is 12.6 Å². The first kappa shape index (κ1) is 14.6. The van der Waals surface area contributed by atoms with Gasteiger partial charge in [-0.25, -0.2) is 0 Å². The molecule has 0 heterocycles. The van der Waals surface area contributed by atoms with Crippen LogP contribution in [-0.2, 0) is 16.0 Å². The number of phenolic OH excluding ortho intramolecular Hbond substituents is 1. The number of aromatic hydroxyl groups is 1. The lowest BCUT2D eigenvalue weighted by atomic mass is 10.1. The molecule has 2 aromatic carbocycles. The predicted octanol–water partition coefficient (Wildman–Crippen LogP) is 2.53. The molecule has 0 saturated heterocycles. The van der Waals surface area contributed by atoms with Gasteiger partial charge in [-0.3, -0.25) is 9.59 Å². The second-order valence-corrected chi connectivity index (χ2v) is 4.62. The molecule has 0 fully saturated rings. The SMILES string of the molecule is CC(=O)Nc1ccc(CC(=O)Nc2ccccc2O)cc1. The Morgan fingerprint density at radius 2 is 1.67 bits per heavy atom. The van der Waals surface area contributed by atoms with E-state index in [4.69, 9.17) is 0 Å². The van der Waals surface area contributed by atoms with Crippen molar-refractivity contribution in [3.8, 4) is 5.75 Å². The minimum Gasteiger partial charge on any atom is -0.506 e. The van der Waals surface area contributed by atoms with Gasteiger partial charge in [-0.2, -0.15) is 0 Å². The third kappa shape index (κ3) is 4.35. The van der Waals surface area contributed by atoms with Crippen LogP contribution in [0.15, 0.2) is 48.5 Å². The van der Waals surface area contributed by atoms with Crippen molar-refractivity contribution < 1.29 is 14.7 Å². The van der Waals surface area contributed by atoms with Crippen molar-refractivity contribution >= 4 is 23.2 Å². The maximum absolute atomic E-state index is 11.9. The smallest absolute Gasteiger partial charge is 0.228 e. The molecule has 0 spiro atoms. The highest BCUT2D eigenvalue weighted by Crippen LogP contribution is 2.21. The molecule has 2 rings (SSSR count). The molecule has 2 aromatic rings. The maximum Gasteiger partial charge on any atom is 0.228 e. The molecule has 0 atom stereocenters. The second kappa shape index (κ2) is 6.56. The summed E-state index contributed by atoms with van der Waals surface area (Å²) in [6.45, 7) is 1.44. The number of nitrogens with one attached hydrogen (secondary N) is 2. The molecule has 0 aromatic heterocycles. The van der Waals surface area contributed by atoms with Gasteiger partial charge >= 0.3 is 0 Å². The topological polar surface area (TPSA) is 78.4 Å². The standard InChI is InChI=1S/C16H16N2O3/c1-11(19)17-13-8-6-12(7-9-13)10-16(21)18-14-4-2-3-5-15(14)20/h2-9,20H,10H2,1H3,(H,17,19)(H,18,21). The summed E-state index contributed by atoms with van der Waals surface area (Å²) in [5.74, 6) is -0.323. The first-order valence-corrected chi connectivity index (χ1v) is 6.49. The largest absolute Gasteiger partial charge is 0.506 e. The van der Waals surface area contributed by atoms with Gasteiger partial charge in [0.05, 0.1) is 12.1 Å². The van der Waals surface area contributed by atoms with E-state index < -0.39 is 0 Å². The van der Waals surface area contributed by atoms with Crippen molar-refractivity contribution in [3.05, 3.63) is 54.1 Å². The number of hydrogen-bond donors (Lipinski definition) is 3. The first-order valence-electron chi connectivity index (χ1n) is 6.49. The summed E-state index contributed by atoms with van der Waals surface area (Å²) in [7, 11) is 0. The predicted molar refractivity (Wildman–Crippen MR) is 81.2 cm³/mol. The van der Waals surface area contributed by atoms with Gasteiger partial charge in [-0.05, 0) is 29.8 Å². The van der Waals surface area contributed by atoms with Gasteiger partial charge in [-0.15, -0.1) is 0 Å². The monoisotopic (exact) mass is 284 g/mol. The molecule has 21 heavy (non-hydrogen) atoms. The van der Waals surface area contributed by atoms with Crippen LogP contribution < -0.4 is 10.6 Å². The van der Waals surface area contributed by atoms with Gasteiger partial charge in [0.15, 0.2) is 0 Å². The first-order chi connectivity index (χ1) is 10.0. The van der Waals surface area contributed by atoms with Crippen LogP contribution in [0.3, 0.4) is 0 Å². The summed E-state index contributed by atoms with van der Waals surface area (Å²) >= 11 is 0. The van der Waals surface area contributed by atoms with Gasteiger partial charge in [0.25, 0.3) is 0 Å². The Hall–Kier alpha value is -2.82. The molecule has 0 unspecified atom stereocenters. The molecular weight excluding hydrogens is 268 g/mol. The van der Waals surface area contributed by atoms with Crippen molar-refractivity contribution in [2.45, 2.75) is 13.3 Å². The van der Waals surface area contributed by atoms with Gasteiger partial charge in [0.1, 0.15) is 5.75 Å². The third-order valence-corrected chi connectivity index (χ3v) is 2.82. The maximum atomic E-state index is 11.9. The van der Waals surface area contributed by atoms with Crippen molar-refractivity contribution in [2.75, 3.05) is 10.6 Å². The van der Waals surface area contributed by atoms with Gasteiger partial charge < -0.3 is 15.7 Å². The number of benzene rings is 2. The fourth-order valence-electron chi connectivity index (χ4n) is 1.87. The van der Waals surface area contributed by atoms with Gasteiger partial charge in [0.2, 0.25) is 11.8 Å². The van der Waals surface area contributed by atoms with Gasteiger partial charge in [-0.1, -0.05) is 24.3 Å². The second-order valence-electron chi connectivity index (χ2n) is 4.62. The molecule has 5 heteroatoms. The highest BCUT2D eigenvalue weighted by molar-refractivity contribution is 5.93. The normalized spacial score (nSPS) is 9.95. The number of rotatable bonds is 4. The molecule has 0 aliphatic heterocycles. The molecule has 0 bridgehead atoms. The van der Waals surface area contributed by atoms with Crippen LogP contribution in [0, 0.1) is 0 Å². The average molecular weight is 284 g/mol. The molecule has 0 saturated carbocycles. The van der Waals surface area contributed by atoms with Crippen LogP contribution in [0.4, 0.5) is 11.4 Å². The number of para-hydroxylation sites is 2. The number of anilines is 2. The van der Waals surface area contributed by atoms with E-state index in [1.807, 2.05) is 0 Å². The van der Waals surface area contributed by atoms with Crippen LogP contribution >= 0.6 is 0 Å². The van der Waals surface area contributed by atoms with Crippen LogP contribution in [-0.4, -0.2) is 16.9 Å². The molecule has 5 nitrogen and oxygen atoms in total. The fraction of sp³-hybridized carbons (Fsp3) is 0.125. The van der Waals surface area contributed by atoms with Crippen molar-refractivity contribution in [2.24, 2.45) is 0 Å². The zero-order valence-corrected chi connectivity index (χ0v) is 11.6. The van der Waals surface area contributed by atoms with Crippen LogP contribution in [0.25, 0.3) is 0 Å². The zero-order valence-electron chi connectivity index (χ0n) is 11.6. The molecule has 0 aliphatic carbocycles. The summed E-state index contributed by atoms with van der Waals surface area (Å²) < 4.78 is 0. The Kier molecular flexibility index (Phi) is 4.56. The fourth-order valence-corrected chi connectivity index (χ4v) is 1.87. The molecule has 108 valence electrons. The van der Waals surface area contributed by atoms with E-state index in [1.165, 1.54) is 13.0 Å². The Morgan fingerprint density at radius 3 is 2.29 bits per heavy atom. The van der Waals surface area contributed by atoms with Crippen molar-refractivity contribution in [1.82, 2.24) is 0 Å². The lowest BCUT2D eigenvalue weighted by Crippen LogP contribution is -2.14. The highest BCUT2D eigenvalue weighted by atomic mass is 16.3. The molecule has 3 N–H and O–H groups in total. The van der Waals surface area contributed by atoms with E-state index in [9.17, 15) is 14.7 Å². The lowest BCUT2D eigenvalue weighted by molar-refractivity contribution is -0.116. The number of amides is 2. The summed E-state index contributed by atoms with van der Waals surface area (Å²) in [5.41, 5.74) is 1.89. The van der Waals surface area contributed by atoms with Crippen LogP contribution in [0.1, 0.15) is 12.5 Å². The van der Waals surface area contributed by atoms with Crippen molar-refractivity contribution in [1.29, 1.82) is 0 Å².